The molecule has 5 nitrogen and oxygen atoms in total. The summed E-state index contributed by atoms with van der Waals surface area (Å²) in [5.74, 6) is 0.0432. The van der Waals surface area contributed by atoms with Crippen molar-refractivity contribution in [2.45, 2.75) is 33.3 Å². The number of likely N-dealkylation sites (N-methyl/N-ethyl adjacent to an activating group) is 1. The Morgan fingerprint density at radius 3 is 2.04 bits per heavy atom. The third-order valence-electron chi connectivity index (χ3n) is 4.55. The first-order valence-electron chi connectivity index (χ1n) is 9.65. The van der Waals surface area contributed by atoms with Crippen LogP contribution in [0.2, 0.25) is 0 Å². The van der Waals surface area contributed by atoms with Gasteiger partial charge in [0.05, 0.1) is 0 Å². The van der Waals surface area contributed by atoms with E-state index in [1.54, 1.807) is 50.2 Å². The van der Waals surface area contributed by atoms with Gasteiger partial charge in [-0.25, -0.2) is 4.79 Å². The molecule has 0 heterocycles. The molecule has 0 unspecified atom stereocenters. The molecule has 0 aromatic heterocycles. The molecule has 0 spiro atoms. The van der Waals surface area contributed by atoms with Gasteiger partial charge in [-0.15, -0.1) is 0 Å². The summed E-state index contributed by atoms with van der Waals surface area (Å²) >= 11 is 0. The lowest BCUT2D eigenvalue weighted by Gasteiger charge is -2.25. The van der Waals surface area contributed by atoms with E-state index in [0.717, 1.165) is 13.1 Å². The van der Waals surface area contributed by atoms with E-state index in [4.69, 9.17) is 9.47 Å². The van der Waals surface area contributed by atoms with Gasteiger partial charge in [0.2, 0.25) is 0 Å². The molecule has 2 aromatic carbocycles. The molecule has 2 aromatic rings. The van der Waals surface area contributed by atoms with Crippen LogP contribution in [0.25, 0.3) is 0 Å². The molecule has 0 aliphatic carbocycles. The van der Waals surface area contributed by atoms with E-state index >= 15 is 0 Å². The first-order valence-corrected chi connectivity index (χ1v) is 9.65. The third-order valence-corrected chi connectivity index (χ3v) is 4.55. The van der Waals surface area contributed by atoms with Crippen molar-refractivity contribution in [1.29, 1.82) is 0 Å². The Morgan fingerprint density at radius 1 is 0.893 bits per heavy atom. The summed E-state index contributed by atoms with van der Waals surface area (Å²) in [6.07, 6.45) is 0. The second-order valence-corrected chi connectivity index (χ2v) is 6.99. The van der Waals surface area contributed by atoms with Crippen molar-refractivity contribution in [3.63, 3.8) is 0 Å². The van der Waals surface area contributed by atoms with Crippen LogP contribution in [0.1, 0.15) is 43.6 Å². The van der Waals surface area contributed by atoms with E-state index in [2.05, 4.69) is 18.7 Å². The lowest BCUT2D eigenvalue weighted by Crippen LogP contribution is -2.41. The number of hydrogen-bond donors (Lipinski definition) is 0. The Hall–Kier alpha value is -2.66. The van der Waals surface area contributed by atoms with Crippen molar-refractivity contribution in [2.24, 2.45) is 0 Å². The second kappa shape index (κ2) is 10.0. The van der Waals surface area contributed by atoms with Crippen LogP contribution < -0.4 is 4.74 Å². The quantitative estimate of drug-likeness (QED) is 0.459. The molecule has 0 saturated heterocycles. The second-order valence-electron chi connectivity index (χ2n) is 6.99. The van der Waals surface area contributed by atoms with Crippen molar-refractivity contribution in [2.75, 3.05) is 26.2 Å². The van der Waals surface area contributed by atoms with Gasteiger partial charge in [-0.05, 0) is 51.2 Å². The maximum absolute atomic E-state index is 12.5. The van der Waals surface area contributed by atoms with Crippen molar-refractivity contribution < 1.29 is 19.1 Å². The fourth-order valence-corrected chi connectivity index (χ4v) is 2.75. The number of ketones is 1. The lowest BCUT2D eigenvalue weighted by molar-refractivity contribution is -0.159. The monoisotopic (exact) mass is 383 g/mol. The molecule has 28 heavy (non-hydrogen) atoms. The number of ether oxygens (including phenoxy) is 2. The average Bonchev–Trinajstić information content (AvgIpc) is 2.71. The van der Waals surface area contributed by atoms with E-state index in [9.17, 15) is 9.59 Å². The van der Waals surface area contributed by atoms with Crippen LogP contribution in [-0.4, -0.2) is 48.5 Å². The van der Waals surface area contributed by atoms with Gasteiger partial charge in [-0.2, -0.15) is 0 Å². The Morgan fingerprint density at radius 2 is 1.46 bits per heavy atom. The summed E-state index contributed by atoms with van der Waals surface area (Å²) in [5.41, 5.74) is 0.0836. The van der Waals surface area contributed by atoms with Gasteiger partial charge in [0.1, 0.15) is 12.4 Å². The molecule has 150 valence electrons. The zero-order valence-corrected chi connectivity index (χ0v) is 17.1. The highest BCUT2D eigenvalue weighted by Gasteiger charge is 2.32. The van der Waals surface area contributed by atoms with Crippen LogP contribution in [0.5, 0.6) is 5.75 Å². The summed E-state index contributed by atoms with van der Waals surface area (Å²) in [5, 5.41) is 0. The molecule has 0 bridgehead atoms. The van der Waals surface area contributed by atoms with Gasteiger partial charge >= 0.3 is 5.97 Å². The number of esters is 1. The van der Waals surface area contributed by atoms with Gasteiger partial charge in [-0.1, -0.05) is 44.2 Å². The molecule has 0 aliphatic heterocycles. The fourth-order valence-electron chi connectivity index (χ4n) is 2.75. The van der Waals surface area contributed by atoms with Crippen molar-refractivity contribution in [1.82, 2.24) is 4.90 Å². The number of carbonyl (C=O) groups excluding carboxylic acids is 2. The Bertz CT molecular complexity index is 765. The maximum atomic E-state index is 12.5. The predicted molar refractivity (Wildman–Crippen MR) is 110 cm³/mol. The topological polar surface area (TPSA) is 55.8 Å². The summed E-state index contributed by atoms with van der Waals surface area (Å²) in [7, 11) is 0. The number of hydrogen-bond acceptors (Lipinski definition) is 5. The summed E-state index contributed by atoms with van der Waals surface area (Å²) in [6, 6.07) is 15.9. The van der Waals surface area contributed by atoms with E-state index in [0.29, 0.717) is 30.0 Å². The molecule has 0 fully saturated rings. The standard InChI is InChI=1S/C23H29NO4/c1-5-24(6-2)16-17-27-22(26)23(3,4)28-20-14-12-19(13-15-20)21(25)18-10-8-7-9-11-18/h7-15H,5-6,16-17H2,1-4H3. The van der Waals surface area contributed by atoms with E-state index < -0.39 is 11.6 Å². The molecule has 0 saturated carbocycles. The minimum atomic E-state index is -1.12. The SMILES string of the molecule is CCN(CC)CCOC(=O)C(C)(C)Oc1ccc(C(=O)c2ccccc2)cc1. The Balaban J connectivity index is 1.94. The molecule has 0 radical (unpaired) electrons. The highest BCUT2D eigenvalue weighted by atomic mass is 16.6. The number of carbonyl (C=O) groups is 2. The number of nitrogens with zero attached hydrogens (tertiary/aromatic N) is 1. The number of benzene rings is 2. The normalized spacial score (nSPS) is 11.3. The Kier molecular flexibility index (Phi) is 7.76. The van der Waals surface area contributed by atoms with Gasteiger partial charge in [-0.3, -0.25) is 4.79 Å². The van der Waals surface area contributed by atoms with Gasteiger partial charge in [0.25, 0.3) is 0 Å². The first kappa shape index (κ1) is 21.6. The van der Waals surface area contributed by atoms with E-state index in [-0.39, 0.29) is 5.78 Å². The van der Waals surface area contributed by atoms with Crippen LogP contribution in [-0.2, 0) is 9.53 Å². The Labute approximate surface area is 167 Å². The minimum Gasteiger partial charge on any atom is -0.476 e. The van der Waals surface area contributed by atoms with Crippen molar-refractivity contribution in [3.05, 3.63) is 65.7 Å². The smallest absolute Gasteiger partial charge is 0.349 e. The largest absolute Gasteiger partial charge is 0.476 e. The summed E-state index contributed by atoms with van der Waals surface area (Å²) in [4.78, 5) is 27.0. The van der Waals surface area contributed by atoms with Crippen LogP contribution in [0.3, 0.4) is 0 Å². The minimum absolute atomic E-state index is 0.0535. The molecule has 0 atom stereocenters. The van der Waals surface area contributed by atoms with Crippen molar-refractivity contribution in [3.8, 4) is 5.75 Å². The molecular formula is C23H29NO4. The first-order chi connectivity index (χ1) is 13.4. The zero-order valence-electron chi connectivity index (χ0n) is 17.1. The third kappa shape index (κ3) is 5.92. The molecule has 2 rings (SSSR count). The van der Waals surface area contributed by atoms with Gasteiger partial charge in [0.15, 0.2) is 11.4 Å². The zero-order chi connectivity index (χ0) is 20.6. The highest BCUT2D eigenvalue weighted by molar-refractivity contribution is 6.08. The van der Waals surface area contributed by atoms with Crippen molar-refractivity contribution >= 4 is 11.8 Å². The average molecular weight is 383 g/mol. The molecule has 0 aliphatic rings. The van der Waals surface area contributed by atoms with E-state index in [1.165, 1.54) is 0 Å². The molecule has 0 amide bonds. The molecule has 0 N–H and O–H groups in total. The van der Waals surface area contributed by atoms with Crippen LogP contribution in [0, 0.1) is 0 Å². The van der Waals surface area contributed by atoms with Crippen LogP contribution in [0.15, 0.2) is 54.6 Å². The van der Waals surface area contributed by atoms with Crippen LogP contribution in [0.4, 0.5) is 0 Å². The number of rotatable bonds is 10. The summed E-state index contributed by atoms with van der Waals surface area (Å²) in [6.45, 7) is 10.4. The predicted octanol–water partition coefficient (Wildman–Crippen LogP) is 3.96. The molecular weight excluding hydrogens is 354 g/mol. The van der Waals surface area contributed by atoms with E-state index in [1.807, 2.05) is 18.2 Å². The van der Waals surface area contributed by atoms with Gasteiger partial charge in [0, 0.05) is 17.7 Å². The highest BCUT2D eigenvalue weighted by Crippen LogP contribution is 2.21. The molecule has 5 heteroatoms. The lowest BCUT2D eigenvalue weighted by atomic mass is 10.0. The van der Waals surface area contributed by atoms with Gasteiger partial charge < -0.3 is 14.4 Å². The maximum Gasteiger partial charge on any atom is 0.349 e. The fraction of sp³-hybridized carbons (Fsp3) is 0.391. The van der Waals surface area contributed by atoms with Crippen LogP contribution >= 0.6 is 0 Å². The summed E-state index contributed by atoms with van der Waals surface area (Å²) < 4.78 is 11.2.